The molecule has 0 heterocycles. The van der Waals surface area contributed by atoms with Crippen molar-refractivity contribution in [1.82, 2.24) is 4.90 Å². The van der Waals surface area contributed by atoms with Gasteiger partial charge in [-0.1, -0.05) is 30.3 Å². The zero-order valence-electron chi connectivity index (χ0n) is 14.8. The summed E-state index contributed by atoms with van der Waals surface area (Å²) in [6.45, 7) is 3.61. The second-order valence-corrected chi connectivity index (χ2v) is 8.06. The summed E-state index contributed by atoms with van der Waals surface area (Å²) in [5, 5.41) is 0. The van der Waals surface area contributed by atoms with E-state index in [1.165, 1.54) is 6.26 Å². The average molecular weight is 361 g/mol. The van der Waals surface area contributed by atoms with E-state index >= 15 is 0 Å². The quantitative estimate of drug-likeness (QED) is 0.793. The molecule has 0 aromatic heterocycles. The predicted molar refractivity (Wildman–Crippen MR) is 97.3 cm³/mol. The zero-order valence-corrected chi connectivity index (χ0v) is 15.7. The number of amides is 1. The molecule has 2 unspecified atom stereocenters. The molecule has 0 saturated heterocycles. The Morgan fingerprint density at radius 3 is 2.08 bits per heavy atom. The number of likely N-dealkylation sites (N-methyl/N-ethyl adjacent to an activating group) is 1. The van der Waals surface area contributed by atoms with Crippen LogP contribution in [0.4, 0.5) is 0 Å². The molecule has 5 nitrogen and oxygen atoms in total. The Kier molecular flexibility index (Phi) is 5.85. The molecule has 25 heavy (non-hydrogen) atoms. The molecule has 0 spiro atoms. The number of sulfone groups is 1. The van der Waals surface area contributed by atoms with E-state index in [0.717, 1.165) is 5.56 Å². The number of carbonyl (C=O) groups is 1. The van der Waals surface area contributed by atoms with Gasteiger partial charge in [0, 0.05) is 13.3 Å². The van der Waals surface area contributed by atoms with Crippen LogP contribution in [0.15, 0.2) is 59.5 Å². The molecule has 0 aliphatic heterocycles. The smallest absolute Gasteiger partial charge is 0.263 e. The Morgan fingerprint density at radius 1 is 1.00 bits per heavy atom. The highest BCUT2D eigenvalue weighted by atomic mass is 32.2. The summed E-state index contributed by atoms with van der Waals surface area (Å²) >= 11 is 0. The summed E-state index contributed by atoms with van der Waals surface area (Å²) in [5.74, 6) is 0.491. The SMILES string of the molecule is CC(Oc1ccccc1)C(=O)N(C)C(C)c1ccc(S(C)(=O)=O)cc1. The molecule has 2 atom stereocenters. The van der Waals surface area contributed by atoms with E-state index in [0.29, 0.717) is 5.75 Å². The van der Waals surface area contributed by atoms with Crippen molar-refractivity contribution < 1.29 is 17.9 Å². The van der Waals surface area contributed by atoms with Crippen LogP contribution in [0.1, 0.15) is 25.5 Å². The van der Waals surface area contributed by atoms with Gasteiger partial charge in [0.1, 0.15) is 5.75 Å². The summed E-state index contributed by atoms with van der Waals surface area (Å²) in [6, 6.07) is 15.6. The predicted octanol–water partition coefficient (Wildman–Crippen LogP) is 3.08. The number of nitrogens with zero attached hydrogens (tertiary/aromatic N) is 1. The van der Waals surface area contributed by atoms with Gasteiger partial charge in [0.05, 0.1) is 10.9 Å². The molecule has 0 radical (unpaired) electrons. The minimum Gasteiger partial charge on any atom is -0.481 e. The van der Waals surface area contributed by atoms with Crippen molar-refractivity contribution in [2.24, 2.45) is 0 Å². The van der Waals surface area contributed by atoms with Gasteiger partial charge in [0.25, 0.3) is 5.91 Å². The lowest BCUT2D eigenvalue weighted by atomic mass is 10.1. The number of benzene rings is 2. The molecule has 0 bridgehead atoms. The number of ether oxygens (including phenoxy) is 1. The van der Waals surface area contributed by atoms with Gasteiger partial charge in [-0.3, -0.25) is 4.79 Å². The maximum Gasteiger partial charge on any atom is 0.263 e. The Morgan fingerprint density at radius 2 is 1.56 bits per heavy atom. The molecule has 134 valence electrons. The molecule has 6 heteroatoms. The molecule has 0 aliphatic rings. The topological polar surface area (TPSA) is 63.7 Å². The molecule has 0 fully saturated rings. The van der Waals surface area contributed by atoms with E-state index in [1.807, 2.05) is 25.1 Å². The molecular weight excluding hydrogens is 338 g/mol. The first-order valence-electron chi connectivity index (χ1n) is 7.98. The molecule has 0 aliphatic carbocycles. The maximum absolute atomic E-state index is 12.6. The first kappa shape index (κ1) is 19.0. The fourth-order valence-electron chi connectivity index (χ4n) is 2.45. The van der Waals surface area contributed by atoms with Crippen molar-refractivity contribution in [3.63, 3.8) is 0 Å². The van der Waals surface area contributed by atoms with Crippen LogP contribution in [0.3, 0.4) is 0 Å². The summed E-state index contributed by atoms with van der Waals surface area (Å²) in [4.78, 5) is 14.5. The molecular formula is C19H23NO4S. The third-order valence-corrected chi connectivity index (χ3v) is 5.25. The Hall–Kier alpha value is -2.34. The second kappa shape index (κ2) is 7.70. The van der Waals surface area contributed by atoms with E-state index in [2.05, 4.69) is 0 Å². The maximum atomic E-state index is 12.6. The lowest BCUT2D eigenvalue weighted by molar-refractivity contribution is -0.138. The highest BCUT2D eigenvalue weighted by molar-refractivity contribution is 7.90. The van der Waals surface area contributed by atoms with Crippen molar-refractivity contribution in [2.45, 2.75) is 30.9 Å². The molecule has 0 saturated carbocycles. The van der Waals surface area contributed by atoms with Crippen LogP contribution in [-0.4, -0.2) is 38.6 Å². The third kappa shape index (κ3) is 4.82. The van der Waals surface area contributed by atoms with Gasteiger partial charge in [-0.25, -0.2) is 8.42 Å². The van der Waals surface area contributed by atoms with E-state index < -0.39 is 15.9 Å². The first-order chi connectivity index (χ1) is 11.7. The molecule has 1 amide bonds. The van der Waals surface area contributed by atoms with E-state index in [4.69, 9.17) is 4.74 Å². The van der Waals surface area contributed by atoms with Gasteiger partial charge in [-0.2, -0.15) is 0 Å². The van der Waals surface area contributed by atoms with Gasteiger partial charge in [0.15, 0.2) is 15.9 Å². The number of hydrogen-bond donors (Lipinski definition) is 0. The zero-order chi connectivity index (χ0) is 18.6. The minimum absolute atomic E-state index is 0.149. The molecule has 2 aromatic rings. The Balaban J connectivity index is 2.07. The highest BCUT2D eigenvalue weighted by Gasteiger charge is 2.24. The monoisotopic (exact) mass is 361 g/mol. The summed E-state index contributed by atoms with van der Waals surface area (Å²) < 4.78 is 28.8. The van der Waals surface area contributed by atoms with Gasteiger partial charge in [-0.05, 0) is 43.7 Å². The fraction of sp³-hybridized carbons (Fsp3) is 0.316. The Labute approximate surface area is 149 Å². The lowest BCUT2D eigenvalue weighted by Crippen LogP contribution is -2.39. The number of rotatable bonds is 6. The third-order valence-electron chi connectivity index (χ3n) is 4.12. The largest absolute Gasteiger partial charge is 0.481 e. The highest BCUT2D eigenvalue weighted by Crippen LogP contribution is 2.22. The fourth-order valence-corrected chi connectivity index (χ4v) is 3.08. The average Bonchev–Trinajstić information content (AvgIpc) is 2.60. The van der Waals surface area contributed by atoms with Crippen LogP contribution in [-0.2, 0) is 14.6 Å². The van der Waals surface area contributed by atoms with Crippen LogP contribution in [0.25, 0.3) is 0 Å². The van der Waals surface area contributed by atoms with Gasteiger partial charge in [-0.15, -0.1) is 0 Å². The number of hydrogen-bond acceptors (Lipinski definition) is 4. The van der Waals surface area contributed by atoms with Gasteiger partial charge in [0.2, 0.25) is 0 Å². The normalized spacial score (nSPS) is 13.8. The van der Waals surface area contributed by atoms with Gasteiger partial charge < -0.3 is 9.64 Å². The second-order valence-electron chi connectivity index (χ2n) is 6.04. The summed E-state index contributed by atoms with van der Waals surface area (Å²) in [6.07, 6.45) is 0.550. The van der Waals surface area contributed by atoms with Crippen LogP contribution < -0.4 is 4.74 Å². The van der Waals surface area contributed by atoms with Crippen molar-refractivity contribution in [3.05, 3.63) is 60.2 Å². The van der Waals surface area contributed by atoms with E-state index in [1.54, 1.807) is 55.3 Å². The van der Waals surface area contributed by atoms with Crippen LogP contribution >= 0.6 is 0 Å². The van der Waals surface area contributed by atoms with Crippen molar-refractivity contribution in [2.75, 3.05) is 13.3 Å². The summed E-state index contributed by atoms with van der Waals surface area (Å²) in [7, 11) is -1.52. The lowest BCUT2D eigenvalue weighted by Gasteiger charge is -2.28. The Bertz CT molecular complexity index is 816. The standard InChI is InChI=1S/C19H23NO4S/c1-14(16-10-12-18(13-11-16)25(4,22)23)20(3)19(21)15(2)24-17-8-6-5-7-9-17/h5-15H,1-4H3. The molecule has 0 N–H and O–H groups in total. The number of para-hydroxylation sites is 1. The van der Waals surface area contributed by atoms with Crippen LogP contribution in [0.5, 0.6) is 5.75 Å². The van der Waals surface area contributed by atoms with Crippen molar-refractivity contribution in [1.29, 1.82) is 0 Å². The van der Waals surface area contributed by atoms with E-state index in [-0.39, 0.29) is 16.8 Å². The summed E-state index contributed by atoms with van der Waals surface area (Å²) in [5.41, 5.74) is 0.857. The van der Waals surface area contributed by atoms with Crippen LogP contribution in [0, 0.1) is 0 Å². The van der Waals surface area contributed by atoms with E-state index in [9.17, 15) is 13.2 Å². The molecule has 2 aromatic carbocycles. The minimum atomic E-state index is -3.23. The molecule has 2 rings (SSSR count). The first-order valence-corrected chi connectivity index (χ1v) is 9.87. The van der Waals surface area contributed by atoms with Crippen molar-refractivity contribution >= 4 is 15.7 Å². The number of carbonyl (C=O) groups excluding carboxylic acids is 1. The van der Waals surface area contributed by atoms with Gasteiger partial charge >= 0.3 is 0 Å². The van der Waals surface area contributed by atoms with Crippen molar-refractivity contribution in [3.8, 4) is 5.75 Å². The van der Waals surface area contributed by atoms with Crippen LogP contribution in [0.2, 0.25) is 0 Å².